The molecule has 0 aromatic carbocycles. The largest absolute Gasteiger partial charge is 0.356 e. The molecule has 1 aliphatic rings. The van der Waals surface area contributed by atoms with Crippen LogP contribution in [0.5, 0.6) is 0 Å². The maximum absolute atomic E-state index is 12.5. The highest BCUT2D eigenvalue weighted by atomic mass is 32.1. The predicted molar refractivity (Wildman–Crippen MR) is 113 cm³/mol. The summed E-state index contributed by atoms with van der Waals surface area (Å²) in [6, 6.07) is 0.370. The van der Waals surface area contributed by atoms with Crippen LogP contribution >= 0.6 is 11.3 Å². The SMILES string of the molecule is CCC(CC)C(=O)N1CCC(NC(=NC)NCCc2sc(C)nc2C)CC1. The Morgan fingerprint density at radius 3 is 2.48 bits per heavy atom. The first-order valence-corrected chi connectivity index (χ1v) is 11.0. The standard InChI is InChI=1S/C20H35N5OS/c1-6-16(7-2)19(26)25-12-9-17(10-13-25)24-20(21-5)22-11-8-18-14(3)23-15(4)27-18/h16-17H,6-13H2,1-5H3,(H2,21,22,24). The van der Waals surface area contributed by atoms with Gasteiger partial charge in [-0.05, 0) is 39.5 Å². The number of carbonyl (C=O) groups is 1. The van der Waals surface area contributed by atoms with Crippen LogP contribution in [0.25, 0.3) is 0 Å². The molecule has 6 nitrogen and oxygen atoms in total. The highest BCUT2D eigenvalue weighted by Crippen LogP contribution is 2.18. The van der Waals surface area contributed by atoms with E-state index in [0.29, 0.717) is 11.9 Å². The quantitative estimate of drug-likeness (QED) is 0.552. The number of aliphatic imine (C=N–C) groups is 1. The molecule has 0 unspecified atom stereocenters. The van der Waals surface area contributed by atoms with Gasteiger partial charge in [0.05, 0.1) is 10.7 Å². The topological polar surface area (TPSA) is 69.6 Å². The summed E-state index contributed by atoms with van der Waals surface area (Å²) in [5.74, 6) is 1.36. The molecule has 0 saturated carbocycles. The molecule has 1 aliphatic heterocycles. The summed E-state index contributed by atoms with van der Waals surface area (Å²) in [6.07, 6.45) is 4.77. The van der Waals surface area contributed by atoms with Gasteiger partial charge in [-0.25, -0.2) is 4.98 Å². The lowest BCUT2D eigenvalue weighted by molar-refractivity contribution is -0.136. The number of hydrogen-bond acceptors (Lipinski definition) is 4. The van der Waals surface area contributed by atoms with Crippen LogP contribution in [-0.4, -0.2) is 54.5 Å². The van der Waals surface area contributed by atoms with Gasteiger partial charge in [0.1, 0.15) is 0 Å². The fourth-order valence-corrected chi connectivity index (χ4v) is 4.56. The fourth-order valence-electron chi connectivity index (χ4n) is 3.63. The van der Waals surface area contributed by atoms with Crippen LogP contribution in [0.3, 0.4) is 0 Å². The number of nitrogens with one attached hydrogen (secondary N) is 2. The third-order valence-electron chi connectivity index (χ3n) is 5.35. The van der Waals surface area contributed by atoms with Crippen LogP contribution in [0, 0.1) is 19.8 Å². The molecule has 1 fully saturated rings. The summed E-state index contributed by atoms with van der Waals surface area (Å²) < 4.78 is 0. The van der Waals surface area contributed by atoms with Crippen LogP contribution in [0.1, 0.15) is 55.1 Å². The first kappa shape index (κ1) is 21.7. The summed E-state index contributed by atoms with van der Waals surface area (Å²) in [4.78, 5) is 24.7. The van der Waals surface area contributed by atoms with E-state index in [1.54, 1.807) is 11.3 Å². The second-order valence-corrected chi connectivity index (χ2v) is 8.54. The third kappa shape index (κ3) is 6.19. The van der Waals surface area contributed by atoms with Crippen molar-refractivity contribution in [3.05, 3.63) is 15.6 Å². The summed E-state index contributed by atoms with van der Waals surface area (Å²) in [7, 11) is 1.81. The Balaban J connectivity index is 1.74. The second kappa shape index (κ2) is 10.6. The number of guanidine groups is 1. The molecule has 1 aromatic heterocycles. The molecule has 0 bridgehead atoms. The number of nitrogens with zero attached hydrogens (tertiary/aromatic N) is 3. The minimum Gasteiger partial charge on any atom is -0.356 e. The Kier molecular flexibility index (Phi) is 8.54. The van der Waals surface area contributed by atoms with Crippen molar-refractivity contribution in [3.63, 3.8) is 0 Å². The average Bonchev–Trinajstić information content (AvgIpc) is 2.99. The Morgan fingerprint density at radius 1 is 1.30 bits per heavy atom. The number of aromatic nitrogens is 1. The van der Waals surface area contributed by atoms with Crippen LogP contribution in [0.2, 0.25) is 0 Å². The van der Waals surface area contributed by atoms with Crippen molar-refractivity contribution in [1.29, 1.82) is 0 Å². The number of hydrogen-bond donors (Lipinski definition) is 2. The first-order valence-electron chi connectivity index (χ1n) is 10.2. The van der Waals surface area contributed by atoms with E-state index in [9.17, 15) is 4.79 Å². The van der Waals surface area contributed by atoms with E-state index in [4.69, 9.17) is 0 Å². The van der Waals surface area contributed by atoms with Crippen LogP contribution < -0.4 is 10.6 Å². The Hall–Kier alpha value is -1.63. The molecule has 1 saturated heterocycles. The Morgan fingerprint density at radius 2 is 1.96 bits per heavy atom. The summed E-state index contributed by atoms with van der Waals surface area (Å²) >= 11 is 1.77. The van der Waals surface area contributed by atoms with Gasteiger partial charge < -0.3 is 15.5 Å². The van der Waals surface area contributed by atoms with Gasteiger partial charge in [0.15, 0.2) is 5.96 Å². The number of carbonyl (C=O) groups excluding carboxylic acids is 1. The zero-order valence-electron chi connectivity index (χ0n) is 17.5. The van der Waals surface area contributed by atoms with E-state index >= 15 is 0 Å². The molecule has 0 atom stereocenters. The average molecular weight is 394 g/mol. The van der Waals surface area contributed by atoms with Crippen molar-refractivity contribution < 1.29 is 4.79 Å². The molecule has 2 rings (SSSR count). The number of thiazole rings is 1. The van der Waals surface area contributed by atoms with E-state index in [1.165, 1.54) is 4.88 Å². The van der Waals surface area contributed by atoms with E-state index in [-0.39, 0.29) is 5.92 Å². The predicted octanol–water partition coefficient (Wildman–Crippen LogP) is 2.89. The smallest absolute Gasteiger partial charge is 0.225 e. The zero-order chi connectivity index (χ0) is 19.8. The summed E-state index contributed by atoms with van der Waals surface area (Å²) in [5, 5.41) is 8.05. The minimum absolute atomic E-state index is 0.183. The molecule has 1 amide bonds. The van der Waals surface area contributed by atoms with Gasteiger partial charge in [-0.3, -0.25) is 9.79 Å². The maximum Gasteiger partial charge on any atom is 0.225 e. The zero-order valence-corrected chi connectivity index (χ0v) is 18.3. The summed E-state index contributed by atoms with van der Waals surface area (Å²) in [6.45, 7) is 10.8. The van der Waals surface area contributed by atoms with E-state index < -0.39 is 0 Å². The van der Waals surface area contributed by atoms with E-state index in [1.807, 2.05) is 11.9 Å². The van der Waals surface area contributed by atoms with Crippen molar-refractivity contribution in [3.8, 4) is 0 Å². The molecular formula is C20H35N5OS. The molecule has 152 valence electrons. The molecule has 7 heteroatoms. The highest BCUT2D eigenvalue weighted by Gasteiger charge is 2.26. The highest BCUT2D eigenvalue weighted by molar-refractivity contribution is 7.11. The normalized spacial score (nSPS) is 16.1. The fraction of sp³-hybridized carbons (Fsp3) is 0.750. The van der Waals surface area contributed by atoms with Crippen molar-refractivity contribution in [2.75, 3.05) is 26.7 Å². The molecule has 2 N–H and O–H groups in total. The number of amides is 1. The maximum atomic E-state index is 12.5. The van der Waals surface area contributed by atoms with E-state index in [0.717, 1.165) is 68.4 Å². The minimum atomic E-state index is 0.183. The Labute approximate surface area is 167 Å². The van der Waals surface area contributed by atoms with Crippen molar-refractivity contribution in [2.45, 2.75) is 65.8 Å². The number of aryl methyl sites for hydroxylation is 2. The van der Waals surface area contributed by atoms with Gasteiger partial charge in [-0.1, -0.05) is 13.8 Å². The van der Waals surface area contributed by atoms with E-state index in [2.05, 4.69) is 48.3 Å². The molecule has 27 heavy (non-hydrogen) atoms. The molecule has 0 spiro atoms. The first-order chi connectivity index (χ1) is 13.0. The summed E-state index contributed by atoms with van der Waals surface area (Å²) in [5.41, 5.74) is 1.14. The number of rotatable bonds is 7. The third-order valence-corrected chi connectivity index (χ3v) is 6.48. The van der Waals surface area contributed by atoms with Gasteiger partial charge in [0.25, 0.3) is 0 Å². The molecule has 2 heterocycles. The molecule has 0 radical (unpaired) electrons. The lowest BCUT2D eigenvalue weighted by Gasteiger charge is -2.34. The lowest BCUT2D eigenvalue weighted by atomic mass is 9.98. The molecule has 1 aromatic rings. The molecule has 0 aliphatic carbocycles. The van der Waals surface area contributed by atoms with Crippen LogP contribution in [-0.2, 0) is 11.2 Å². The Bertz CT molecular complexity index is 630. The van der Waals surface area contributed by atoms with Gasteiger partial charge >= 0.3 is 0 Å². The van der Waals surface area contributed by atoms with Gasteiger partial charge in [0.2, 0.25) is 5.91 Å². The van der Waals surface area contributed by atoms with Gasteiger partial charge in [-0.2, -0.15) is 0 Å². The molecular weight excluding hydrogens is 358 g/mol. The lowest BCUT2D eigenvalue weighted by Crippen LogP contribution is -2.50. The van der Waals surface area contributed by atoms with Crippen molar-refractivity contribution >= 4 is 23.2 Å². The number of piperidine rings is 1. The van der Waals surface area contributed by atoms with Crippen molar-refractivity contribution in [1.82, 2.24) is 20.5 Å². The van der Waals surface area contributed by atoms with Crippen LogP contribution in [0.15, 0.2) is 4.99 Å². The van der Waals surface area contributed by atoms with Crippen LogP contribution in [0.4, 0.5) is 0 Å². The monoisotopic (exact) mass is 393 g/mol. The van der Waals surface area contributed by atoms with Gasteiger partial charge in [0, 0.05) is 49.9 Å². The number of likely N-dealkylation sites (tertiary alicyclic amines) is 1. The second-order valence-electron chi connectivity index (χ2n) is 7.25. The van der Waals surface area contributed by atoms with Crippen molar-refractivity contribution in [2.24, 2.45) is 10.9 Å². The van der Waals surface area contributed by atoms with Gasteiger partial charge in [-0.15, -0.1) is 11.3 Å².